The Balaban J connectivity index is 2.48. The van der Waals surface area contributed by atoms with Crippen molar-refractivity contribution in [1.29, 1.82) is 0 Å². The van der Waals surface area contributed by atoms with Crippen LogP contribution < -0.4 is 11.1 Å². The van der Waals surface area contributed by atoms with Gasteiger partial charge in [0, 0.05) is 32.0 Å². The summed E-state index contributed by atoms with van der Waals surface area (Å²) < 4.78 is 11.7. The molecule has 2 amide bonds. The van der Waals surface area contributed by atoms with Gasteiger partial charge in [0.2, 0.25) is 5.91 Å². The fraction of sp³-hybridized carbons (Fsp3) is 0.588. The van der Waals surface area contributed by atoms with Crippen molar-refractivity contribution in [2.75, 3.05) is 13.1 Å². The van der Waals surface area contributed by atoms with Gasteiger partial charge in [-0.25, -0.2) is 13.8 Å². The highest BCUT2D eigenvalue weighted by Gasteiger charge is 2.50. The molecule has 0 saturated carbocycles. The van der Waals surface area contributed by atoms with E-state index in [1.165, 1.54) is 26.1 Å². The molecule has 2 rings (SSSR count). The highest BCUT2D eigenvalue weighted by Crippen LogP contribution is 2.35. The number of nitrogens with two attached hydrogens (primary N) is 1. The molecule has 3 atom stereocenters. The molecule has 0 spiro atoms. The van der Waals surface area contributed by atoms with E-state index in [1.54, 1.807) is 12.1 Å². The van der Waals surface area contributed by atoms with Crippen LogP contribution in [0.2, 0.25) is 0 Å². The maximum atomic E-state index is 13.9. The molecule has 1 fully saturated rings. The summed E-state index contributed by atoms with van der Waals surface area (Å²) in [6.07, 6.45) is 2.74. The van der Waals surface area contributed by atoms with Crippen molar-refractivity contribution in [3.8, 4) is 0 Å². The second-order valence-corrected chi connectivity index (χ2v) is 8.64. The molecule has 1 aliphatic heterocycles. The Morgan fingerprint density at radius 2 is 2.12 bits per heavy atom. The van der Waals surface area contributed by atoms with Crippen molar-refractivity contribution < 1.29 is 17.8 Å². The Hall–Kier alpha value is -1.68. The SMILES string of the molecule is CC(C)(CC(N)=O)C(=O)[N+]([O-])(C1CCCNCC1)S(=O)c1ccccn1. The molecule has 9 heteroatoms. The minimum Gasteiger partial charge on any atom is -0.610 e. The number of amides is 2. The van der Waals surface area contributed by atoms with E-state index in [4.69, 9.17) is 5.73 Å². The number of hydroxylamine groups is 2. The number of aromatic nitrogens is 1. The van der Waals surface area contributed by atoms with Crippen molar-refractivity contribution in [3.63, 3.8) is 0 Å². The zero-order valence-corrected chi connectivity index (χ0v) is 16.0. The molecule has 1 aromatic rings. The first-order valence-electron chi connectivity index (χ1n) is 8.67. The van der Waals surface area contributed by atoms with Gasteiger partial charge in [0.25, 0.3) is 11.0 Å². The smallest absolute Gasteiger partial charge is 0.333 e. The van der Waals surface area contributed by atoms with Crippen molar-refractivity contribution >= 4 is 22.8 Å². The number of hydrogen-bond donors (Lipinski definition) is 2. The number of quaternary nitrogens is 1. The van der Waals surface area contributed by atoms with Gasteiger partial charge >= 0.3 is 5.91 Å². The Kier molecular flexibility index (Phi) is 6.62. The number of hydrogen-bond acceptors (Lipinski definition) is 6. The Morgan fingerprint density at radius 1 is 1.38 bits per heavy atom. The maximum absolute atomic E-state index is 13.9. The van der Waals surface area contributed by atoms with Crippen molar-refractivity contribution in [2.45, 2.75) is 50.6 Å². The number of nitrogens with one attached hydrogen (secondary N) is 1. The first kappa shape index (κ1) is 20.6. The third-order valence-corrected chi connectivity index (χ3v) is 6.12. The lowest BCUT2D eigenvalue weighted by molar-refractivity contribution is -0.704. The van der Waals surface area contributed by atoms with E-state index in [0.29, 0.717) is 25.8 Å². The normalized spacial score (nSPS) is 22.0. The van der Waals surface area contributed by atoms with Gasteiger partial charge in [-0.2, -0.15) is 4.21 Å². The fourth-order valence-electron chi connectivity index (χ4n) is 3.24. The Labute approximate surface area is 155 Å². The van der Waals surface area contributed by atoms with E-state index in [1.807, 2.05) is 0 Å². The molecule has 0 bridgehead atoms. The van der Waals surface area contributed by atoms with Crippen LogP contribution in [-0.2, 0) is 20.6 Å². The standard InChI is InChI=1S/C17H26N4O4S/c1-17(2,12-14(18)22)16(23)21(24,13-6-5-9-19-11-8-13)26(25)15-7-3-4-10-20-15/h3-4,7,10,13,19H,5-6,8-9,11-12H2,1-2H3,(H2,18,22). The van der Waals surface area contributed by atoms with Crippen LogP contribution in [0.5, 0.6) is 0 Å². The minimum atomic E-state index is -2.24. The molecule has 26 heavy (non-hydrogen) atoms. The number of nitrogens with zero attached hydrogens (tertiary/aromatic N) is 2. The molecule has 144 valence electrons. The number of pyridine rings is 1. The van der Waals surface area contributed by atoms with Crippen LogP contribution in [0.3, 0.4) is 0 Å². The van der Waals surface area contributed by atoms with Gasteiger partial charge in [-0.05, 0) is 38.9 Å². The second kappa shape index (κ2) is 8.34. The van der Waals surface area contributed by atoms with Gasteiger partial charge in [-0.3, -0.25) is 4.79 Å². The van der Waals surface area contributed by atoms with Gasteiger partial charge in [0.15, 0.2) is 5.03 Å². The third-order valence-electron chi connectivity index (χ3n) is 4.57. The molecule has 0 aromatic carbocycles. The molecule has 1 saturated heterocycles. The molecular formula is C17H26N4O4S. The predicted molar refractivity (Wildman–Crippen MR) is 97.4 cm³/mol. The van der Waals surface area contributed by atoms with Gasteiger partial charge in [-0.1, -0.05) is 6.07 Å². The first-order valence-corrected chi connectivity index (χ1v) is 9.77. The van der Waals surface area contributed by atoms with Crippen molar-refractivity contribution in [3.05, 3.63) is 29.6 Å². The lowest BCUT2D eigenvalue weighted by atomic mass is 9.87. The fourth-order valence-corrected chi connectivity index (χ4v) is 4.74. The number of primary amides is 1. The second-order valence-electron chi connectivity index (χ2n) is 7.18. The predicted octanol–water partition coefficient (Wildman–Crippen LogP) is 0.989. The van der Waals surface area contributed by atoms with Crippen LogP contribution in [-0.4, -0.2) is 44.2 Å². The summed E-state index contributed by atoms with van der Waals surface area (Å²) in [6, 6.07) is 4.07. The van der Waals surface area contributed by atoms with Crippen LogP contribution in [0.15, 0.2) is 29.4 Å². The summed E-state index contributed by atoms with van der Waals surface area (Å²) in [5.74, 6) is -1.48. The van der Waals surface area contributed by atoms with E-state index in [-0.39, 0.29) is 11.4 Å². The van der Waals surface area contributed by atoms with E-state index in [0.717, 1.165) is 6.54 Å². The minimum absolute atomic E-state index is 0.0583. The van der Waals surface area contributed by atoms with E-state index < -0.39 is 38.3 Å². The largest absolute Gasteiger partial charge is 0.610 e. The average Bonchev–Trinajstić information content (AvgIpc) is 2.89. The monoisotopic (exact) mass is 382 g/mol. The number of carbonyl (C=O) groups excluding carboxylic acids is 2. The molecular weight excluding hydrogens is 356 g/mol. The molecule has 3 unspecified atom stereocenters. The lowest BCUT2D eigenvalue weighted by Gasteiger charge is -2.46. The average molecular weight is 382 g/mol. The van der Waals surface area contributed by atoms with Gasteiger partial charge < -0.3 is 16.3 Å². The molecule has 1 aromatic heterocycles. The quantitative estimate of drug-likeness (QED) is 0.558. The first-order chi connectivity index (χ1) is 12.2. The number of carbonyl (C=O) groups is 2. The highest BCUT2D eigenvalue weighted by molar-refractivity contribution is 7.79. The zero-order chi connectivity index (χ0) is 19.4. The van der Waals surface area contributed by atoms with Crippen molar-refractivity contribution in [1.82, 2.24) is 10.3 Å². The van der Waals surface area contributed by atoms with Gasteiger partial charge in [0.05, 0.1) is 5.41 Å². The summed E-state index contributed by atoms with van der Waals surface area (Å²) in [6.45, 7) is 4.30. The zero-order valence-electron chi connectivity index (χ0n) is 15.1. The molecule has 0 radical (unpaired) electrons. The Morgan fingerprint density at radius 3 is 2.73 bits per heavy atom. The molecule has 3 N–H and O–H groups in total. The molecule has 8 nitrogen and oxygen atoms in total. The molecule has 2 heterocycles. The van der Waals surface area contributed by atoms with E-state index >= 15 is 0 Å². The maximum Gasteiger partial charge on any atom is 0.333 e. The lowest BCUT2D eigenvalue weighted by Crippen LogP contribution is -2.60. The van der Waals surface area contributed by atoms with Gasteiger partial charge in [0.1, 0.15) is 6.04 Å². The van der Waals surface area contributed by atoms with E-state index in [9.17, 15) is 19.0 Å². The summed E-state index contributed by atoms with van der Waals surface area (Å²) in [5.41, 5.74) is 3.93. The Bertz CT molecular complexity index is 675. The summed E-state index contributed by atoms with van der Waals surface area (Å²) in [4.78, 5) is 28.7. The van der Waals surface area contributed by atoms with E-state index in [2.05, 4.69) is 10.3 Å². The topological polar surface area (TPSA) is 125 Å². The highest BCUT2D eigenvalue weighted by atomic mass is 32.2. The third kappa shape index (κ3) is 4.35. The summed E-state index contributed by atoms with van der Waals surface area (Å²) in [7, 11) is -2.24. The van der Waals surface area contributed by atoms with Crippen LogP contribution in [0.4, 0.5) is 0 Å². The van der Waals surface area contributed by atoms with Crippen LogP contribution in [0, 0.1) is 10.6 Å². The van der Waals surface area contributed by atoms with Crippen LogP contribution >= 0.6 is 0 Å². The summed E-state index contributed by atoms with van der Waals surface area (Å²) in [5, 5.41) is 17.2. The number of rotatable bonds is 6. The summed E-state index contributed by atoms with van der Waals surface area (Å²) >= 11 is 0. The van der Waals surface area contributed by atoms with Crippen LogP contribution in [0.25, 0.3) is 0 Å². The van der Waals surface area contributed by atoms with Gasteiger partial charge in [-0.15, -0.1) is 0 Å². The van der Waals surface area contributed by atoms with Crippen molar-refractivity contribution in [2.24, 2.45) is 11.1 Å². The molecule has 0 aliphatic carbocycles. The van der Waals surface area contributed by atoms with Crippen LogP contribution in [0.1, 0.15) is 39.5 Å². The molecule has 1 aliphatic rings.